The number of aromatic nitrogens is 1. The lowest BCUT2D eigenvalue weighted by Crippen LogP contribution is -2.48. The molecule has 31 heavy (non-hydrogen) atoms. The van der Waals surface area contributed by atoms with Crippen molar-refractivity contribution in [2.24, 2.45) is 0 Å². The van der Waals surface area contributed by atoms with Gasteiger partial charge in [-0.3, -0.25) is 4.79 Å². The van der Waals surface area contributed by atoms with Crippen molar-refractivity contribution in [1.82, 2.24) is 9.88 Å². The number of pyridine rings is 1. The first kappa shape index (κ1) is 21.1. The van der Waals surface area contributed by atoms with Gasteiger partial charge in [-0.2, -0.15) is 0 Å². The quantitative estimate of drug-likeness (QED) is 0.554. The summed E-state index contributed by atoms with van der Waals surface area (Å²) in [6, 6.07) is 18.8. The van der Waals surface area contributed by atoms with Gasteiger partial charge < -0.3 is 9.80 Å². The molecule has 3 aromatic rings. The Morgan fingerprint density at radius 3 is 2.32 bits per heavy atom. The van der Waals surface area contributed by atoms with Gasteiger partial charge in [0.25, 0.3) is 0 Å². The number of piperazine rings is 1. The number of hydrogen-bond donors (Lipinski definition) is 0. The Balaban J connectivity index is 1.37. The fourth-order valence-electron chi connectivity index (χ4n) is 4.02. The molecule has 0 aliphatic carbocycles. The Bertz CT molecular complexity index is 1100. The van der Waals surface area contributed by atoms with Gasteiger partial charge in [-0.05, 0) is 47.2 Å². The number of nitrogens with zero attached hydrogens (tertiary/aromatic N) is 3. The molecule has 1 aliphatic heterocycles. The number of carbonyl (C=O) groups excluding carboxylic acids is 1. The third kappa shape index (κ3) is 4.79. The van der Waals surface area contributed by atoms with E-state index in [1.54, 1.807) is 6.08 Å². The van der Waals surface area contributed by atoms with E-state index in [0.29, 0.717) is 13.1 Å². The van der Waals surface area contributed by atoms with Gasteiger partial charge in [0.15, 0.2) is 0 Å². The van der Waals surface area contributed by atoms with Crippen molar-refractivity contribution in [2.45, 2.75) is 33.1 Å². The summed E-state index contributed by atoms with van der Waals surface area (Å²) in [6.07, 6.45) is 3.61. The standard InChI is InChI=1S/C27H31N3O/c1-20-19-25(28-24-8-6-5-7-23(20)24)29-15-17-30(18-16-29)26(31)14-11-21-9-12-22(13-10-21)27(2,3)4/h5-14,19H,15-18H2,1-4H3/b14-11+. The molecule has 0 atom stereocenters. The first-order chi connectivity index (χ1) is 14.8. The number of aryl methyl sites for hydroxylation is 1. The van der Waals surface area contributed by atoms with Gasteiger partial charge in [-0.1, -0.05) is 63.2 Å². The molecular weight excluding hydrogens is 382 g/mol. The molecule has 1 aliphatic rings. The summed E-state index contributed by atoms with van der Waals surface area (Å²) in [7, 11) is 0. The summed E-state index contributed by atoms with van der Waals surface area (Å²) in [6.45, 7) is 11.8. The molecular formula is C27H31N3O. The molecule has 4 rings (SSSR count). The Morgan fingerprint density at radius 1 is 0.968 bits per heavy atom. The summed E-state index contributed by atoms with van der Waals surface area (Å²) in [5, 5.41) is 1.20. The van der Waals surface area contributed by atoms with Crippen LogP contribution in [0.3, 0.4) is 0 Å². The normalized spacial score (nSPS) is 15.1. The van der Waals surface area contributed by atoms with Gasteiger partial charge >= 0.3 is 0 Å². The van der Waals surface area contributed by atoms with Crippen LogP contribution in [0.2, 0.25) is 0 Å². The third-order valence-electron chi connectivity index (χ3n) is 6.02. The second kappa shape index (κ2) is 8.54. The van der Waals surface area contributed by atoms with Gasteiger partial charge in [0.1, 0.15) is 5.82 Å². The summed E-state index contributed by atoms with van der Waals surface area (Å²) >= 11 is 0. The van der Waals surface area contributed by atoms with E-state index in [1.807, 2.05) is 23.1 Å². The van der Waals surface area contributed by atoms with Gasteiger partial charge in [0, 0.05) is 37.6 Å². The number of benzene rings is 2. The van der Waals surface area contributed by atoms with Gasteiger partial charge in [0.2, 0.25) is 5.91 Å². The summed E-state index contributed by atoms with van der Waals surface area (Å²) < 4.78 is 0. The van der Waals surface area contributed by atoms with Crippen LogP contribution in [0.4, 0.5) is 5.82 Å². The minimum atomic E-state index is 0.0715. The van der Waals surface area contributed by atoms with Crippen molar-refractivity contribution in [1.29, 1.82) is 0 Å². The minimum absolute atomic E-state index is 0.0715. The maximum Gasteiger partial charge on any atom is 0.246 e. The summed E-state index contributed by atoms with van der Waals surface area (Å²) in [4.78, 5) is 21.7. The van der Waals surface area contributed by atoms with E-state index in [4.69, 9.17) is 4.98 Å². The third-order valence-corrected chi connectivity index (χ3v) is 6.02. The van der Waals surface area contributed by atoms with Crippen molar-refractivity contribution in [3.05, 3.63) is 77.4 Å². The molecule has 1 fully saturated rings. The molecule has 1 amide bonds. The monoisotopic (exact) mass is 413 g/mol. The van der Waals surface area contributed by atoms with Crippen LogP contribution in [-0.2, 0) is 10.2 Å². The lowest BCUT2D eigenvalue weighted by molar-refractivity contribution is -0.126. The predicted molar refractivity (Wildman–Crippen MR) is 129 cm³/mol. The van der Waals surface area contributed by atoms with Crippen LogP contribution in [0, 0.1) is 6.92 Å². The van der Waals surface area contributed by atoms with Crippen LogP contribution in [0.25, 0.3) is 17.0 Å². The maximum atomic E-state index is 12.7. The van der Waals surface area contributed by atoms with Crippen LogP contribution in [-0.4, -0.2) is 42.0 Å². The Labute approximate surface area is 185 Å². The Kier molecular flexibility index (Phi) is 5.81. The molecule has 0 spiro atoms. The van der Waals surface area contributed by atoms with E-state index < -0.39 is 0 Å². The molecule has 0 bridgehead atoms. The molecule has 0 unspecified atom stereocenters. The van der Waals surface area contributed by atoms with Crippen LogP contribution >= 0.6 is 0 Å². The number of anilines is 1. The second-order valence-electron chi connectivity index (χ2n) is 9.33. The number of fused-ring (bicyclic) bond motifs is 1. The number of rotatable bonds is 3. The van der Waals surface area contributed by atoms with Crippen molar-refractivity contribution in [3.8, 4) is 0 Å². The molecule has 0 radical (unpaired) electrons. The zero-order chi connectivity index (χ0) is 22.0. The number of para-hydroxylation sites is 1. The van der Waals surface area contributed by atoms with Crippen LogP contribution in [0.15, 0.2) is 60.7 Å². The molecule has 160 valence electrons. The van der Waals surface area contributed by atoms with Gasteiger partial charge in [0.05, 0.1) is 5.52 Å². The van der Waals surface area contributed by atoms with Crippen LogP contribution in [0.5, 0.6) is 0 Å². The largest absolute Gasteiger partial charge is 0.353 e. The SMILES string of the molecule is Cc1cc(N2CCN(C(=O)/C=C/c3ccc(C(C)(C)C)cc3)CC2)nc2ccccc12. The van der Waals surface area contributed by atoms with E-state index in [-0.39, 0.29) is 11.3 Å². The number of carbonyl (C=O) groups is 1. The van der Waals surface area contributed by atoms with Crippen molar-refractivity contribution in [2.75, 3.05) is 31.1 Å². The van der Waals surface area contributed by atoms with E-state index in [1.165, 1.54) is 16.5 Å². The molecule has 4 nitrogen and oxygen atoms in total. The first-order valence-electron chi connectivity index (χ1n) is 11.0. The van der Waals surface area contributed by atoms with Crippen LogP contribution in [0.1, 0.15) is 37.5 Å². The highest BCUT2D eigenvalue weighted by Gasteiger charge is 2.21. The smallest absolute Gasteiger partial charge is 0.246 e. The summed E-state index contributed by atoms with van der Waals surface area (Å²) in [5.74, 6) is 1.07. The number of hydrogen-bond acceptors (Lipinski definition) is 3. The highest BCUT2D eigenvalue weighted by atomic mass is 16.2. The highest BCUT2D eigenvalue weighted by molar-refractivity contribution is 5.92. The fourth-order valence-corrected chi connectivity index (χ4v) is 4.02. The lowest BCUT2D eigenvalue weighted by Gasteiger charge is -2.35. The zero-order valence-electron chi connectivity index (χ0n) is 18.9. The Morgan fingerprint density at radius 2 is 1.65 bits per heavy atom. The van der Waals surface area contributed by atoms with Gasteiger partial charge in [-0.15, -0.1) is 0 Å². The molecule has 1 saturated heterocycles. The Hall–Kier alpha value is -3.14. The van der Waals surface area contributed by atoms with Gasteiger partial charge in [-0.25, -0.2) is 4.98 Å². The van der Waals surface area contributed by atoms with E-state index in [2.05, 4.69) is 75.1 Å². The summed E-state index contributed by atoms with van der Waals surface area (Å²) in [5.41, 5.74) is 4.74. The fraction of sp³-hybridized carbons (Fsp3) is 0.333. The molecule has 2 heterocycles. The van der Waals surface area contributed by atoms with Crippen molar-refractivity contribution in [3.63, 3.8) is 0 Å². The maximum absolute atomic E-state index is 12.7. The minimum Gasteiger partial charge on any atom is -0.353 e. The molecule has 2 aromatic carbocycles. The topological polar surface area (TPSA) is 36.4 Å². The van der Waals surface area contributed by atoms with Crippen molar-refractivity contribution >= 4 is 28.7 Å². The average molecular weight is 414 g/mol. The highest BCUT2D eigenvalue weighted by Crippen LogP contribution is 2.24. The predicted octanol–water partition coefficient (Wildman–Crippen LogP) is 5.20. The van der Waals surface area contributed by atoms with Crippen LogP contribution < -0.4 is 4.90 Å². The van der Waals surface area contributed by atoms with E-state index in [0.717, 1.165) is 30.0 Å². The van der Waals surface area contributed by atoms with Crippen molar-refractivity contribution < 1.29 is 4.79 Å². The average Bonchev–Trinajstić information content (AvgIpc) is 2.77. The molecule has 4 heteroatoms. The van der Waals surface area contributed by atoms with E-state index >= 15 is 0 Å². The zero-order valence-corrected chi connectivity index (χ0v) is 18.9. The molecule has 0 N–H and O–H groups in total. The second-order valence-corrected chi connectivity index (χ2v) is 9.33. The molecule has 1 aromatic heterocycles. The molecule has 0 saturated carbocycles. The number of amides is 1. The van der Waals surface area contributed by atoms with E-state index in [9.17, 15) is 4.79 Å². The first-order valence-corrected chi connectivity index (χ1v) is 11.0. The lowest BCUT2D eigenvalue weighted by atomic mass is 9.87.